The van der Waals surface area contributed by atoms with E-state index < -0.39 is 11.6 Å². The SMILES string of the molecule is CCc1c(C)c(C(=O)NCCN2CCOCC2)n(Cc2ccc(F)cc2F)c1C. The topological polar surface area (TPSA) is 46.5 Å². The van der Waals surface area contributed by atoms with Crippen molar-refractivity contribution in [3.63, 3.8) is 0 Å². The molecule has 2 heterocycles. The second-order valence-electron chi connectivity index (χ2n) is 7.42. The number of benzene rings is 1. The van der Waals surface area contributed by atoms with Crippen molar-refractivity contribution < 1.29 is 18.3 Å². The van der Waals surface area contributed by atoms with Crippen LogP contribution in [0.2, 0.25) is 0 Å². The van der Waals surface area contributed by atoms with E-state index >= 15 is 0 Å². The van der Waals surface area contributed by atoms with Crippen molar-refractivity contribution in [3.05, 3.63) is 57.9 Å². The summed E-state index contributed by atoms with van der Waals surface area (Å²) < 4.78 is 34.7. The maximum absolute atomic E-state index is 14.2. The summed E-state index contributed by atoms with van der Waals surface area (Å²) in [4.78, 5) is 15.3. The molecule has 0 atom stereocenters. The highest BCUT2D eigenvalue weighted by Gasteiger charge is 2.23. The van der Waals surface area contributed by atoms with Gasteiger partial charge in [-0.05, 0) is 37.5 Å². The molecule has 5 nitrogen and oxygen atoms in total. The molecule has 1 aliphatic rings. The molecule has 0 bridgehead atoms. The highest BCUT2D eigenvalue weighted by Crippen LogP contribution is 2.25. The highest BCUT2D eigenvalue weighted by atomic mass is 19.1. The number of nitrogens with one attached hydrogen (secondary N) is 1. The first-order chi connectivity index (χ1) is 13.9. The van der Waals surface area contributed by atoms with E-state index in [-0.39, 0.29) is 12.5 Å². The largest absolute Gasteiger partial charge is 0.379 e. The van der Waals surface area contributed by atoms with Crippen LogP contribution in [0.5, 0.6) is 0 Å². The molecule has 0 radical (unpaired) electrons. The first kappa shape index (κ1) is 21.5. The van der Waals surface area contributed by atoms with Crippen LogP contribution >= 0.6 is 0 Å². The summed E-state index contributed by atoms with van der Waals surface area (Å²) in [6.45, 7) is 10.6. The van der Waals surface area contributed by atoms with E-state index in [1.165, 1.54) is 12.1 Å². The summed E-state index contributed by atoms with van der Waals surface area (Å²) in [6.07, 6.45) is 0.782. The quantitative estimate of drug-likeness (QED) is 0.770. The molecule has 1 fully saturated rings. The van der Waals surface area contributed by atoms with Gasteiger partial charge in [-0.2, -0.15) is 0 Å². The van der Waals surface area contributed by atoms with Crippen molar-refractivity contribution in [2.75, 3.05) is 39.4 Å². The van der Waals surface area contributed by atoms with E-state index in [0.29, 0.717) is 17.8 Å². The first-order valence-electron chi connectivity index (χ1n) is 10.1. The van der Waals surface area contributed by atoms with Crippen molar-refractivity contribution in [2.45, 2.75) is 33.7 Å². The number of ether oxygens (including phenoxy) is 1. The van der Waals surface area contributed by atoms with Gasteiger partial charge in [0, 0.05) is 43.5 Å². The van der Waals surface area contributed by atoms with Gasteiger partial charge in [-0.25, -0.2) is 8.78 Å². The zero-order chi connectivity index (χ0) is 21.0. The van der Waals surface area contributed by atoms with Crippen LogP contribution in [-0.2, 0) is 17.7 Å². The smallest absolute Gasteiger partial charge is 0.268 e. The average Bonchev–Trinajstić information content (AvgIpc) is 2.94. The maximum atomic E-state index is 14.2. The van der Waals surface area contributed by atoms with E-state index in [1.807, 2.05) is 25.3 Å². The standard InChI is InChI=1S/C22H29F2N3O2/c1-4-19-15(2)21(22(28)25-7-8-26-9-11-29-12-10-26)27(16(19)3)14-17-5-6-18(23)13-20(17)24/h5-6,13H,4,7-12,14H2,1-3H3,(H,25,28). The molecular formula is C22H29F2N3O2. The van der Waals surface area contributed by atoms with Crippen LogP contribution < -0.4 is 5.32 Å². The Kier molecular flexibility index (Phi) is 7.03. The summed E-state index contributed by atoms with van der Waals surface area (Å²) in [5, 5.41) is 3.01. The summed E-state index contributed by atoms with van der Waals surface area (Å²) in [7, 11) is 0. The molecule has 1 aromatic heterocycles. The van der Waals surface area contributed by atoms with Gasteiger partial charge in [-0.3, -0.25) is 9.69 Å². The minimum absolute atomic E-state index is 0.166. The van der Waals surface area contributed by atoms with Crippen molar-refractivity contribution in [2.24, 2.45) is 0 Å². The Hall–Kier alpha value is -2.25. The molecule has 1 saturated heterocycles. The van der Waals surface area contributed by atoms with Crippen LogP contribution in [0.4, 0.5) is 8.78 Å². The van der Waals surface area contributed by atoms with Crippen molar-refractivity contribution in [3.8, 4) is 0 Å². The number of hydrogen-bond donors (Lipinski definition) is 1. The molecule has 7 heteroatoms. The van der Waals surface area contributed by atoms with Crippen LogP contribution in [0.15, 0.2) is 18.2 Å². The predicted molar refractivity (Wildman–Crippen MR) is 108 cm³/mol. The second kappa shape index (κ2) is 9.50. The van der Waals surface area contributed by atoms with Gasteiger partial charge in [0.2, 0.25) is 0 Å². The lowest BCUT2D eigenvalue weighted by atomic mass is 10.1. The monoisotopic (exact) mass is 405 g/mol. The minimum Gasteiger partial charge on any atom is -0.379 e. The van der Waals surface area contributed by atoms with Gasteiger partial charge in [0.1, 0.15) is 17.3 Å². The molecule has 1 aliphatic heterocycles. The second-order valence-corrected chi connectivity index (χ2v) is 7.42. The molecule has 0 spiro atoms. The van der Waals surface area contributed by atoms with Gasteiger partial charge >= 0.3 is 0 Å². The van der Waals surface area contributed by atoms with E-state index in [0.717, 1.165) is 62.2 Å². The molecule has 0 unspecified atom stereocenters. The van der Waals surface area contributed by atoms with Crippen LogP contribution in [-0.4, -0.2) is 54.8 Å². The van der Waals surface area contributed by atoms with Gasteiger partial charge < -0.3 is 14.6 Å². The van der Waals surface area contributed by atoms with Crippen LogP contribution in [0.3, 0.4) is 0 Å². The fourth-order valence-electron chi connectivity index (χ4n) is 4.02. The van der Waals surface area contributed by atoms with Crippen molar-refractivity contribution in [1.82, 2.24) is 14.8 Å². The maximum Gasteiger partial charge on any atom is 0.268 e. The summed E-state index contributed by atoms with van der Waals surface area (Å²) in [5.41, 5.74) is 3.84. The highest BCUT2D eigenvalue weighted by molar-refractivity contribution is 5.95. The molecule has 158 valence electrons. The number of morpholine rings is 1. The Balaban J connectivity index is 1.80. The Bertz CT molecular complexity index is 873. The van der Waals surface area contributed by atoms with E-state index in [2.05, 4.69) is 10.2 Å². The van der Waals surface area contributed by atoms with Crippen LogP contribution in [0.1, 0.15) is 39.8 Å². The molecule has 29 heavy (non-hydrogen) atoms. The predicted octanol–water partition coefficient (Wildman–Crippen LogP) is 3.06. The van der Waals surface area contributed by atoms with Gasteiger partial charge in [-0.1, -0.05) is 13.0 Å². The third-order valence-corrected chi connectivity index (χ3v) is 5.65. The number of carbonyl (C=O) groups is 1. The third kappa shape index (κ3) is 4.85. The van der Waals surface area contributed by atoms with Crippen LogP contribution in [0, 0.1) is 25.5 Å². The summed E-state index contributed by atoms with van der Waals surface area (Å²) in [6, 6.07) is 3.56. The lowest BCUT2D eigenvalue weighted by molar-refractivity contribution is 0.0383. The third-order valence-electron chi connectivity index (χ3n) is 5.65. The lowest BCUT2D eigenvalue weighted by Gasteiger charge is -2.26. The number of amides is 1. The van der Waals surface area contributed by atoms with E-state index in [4.69, 9.17) is 4.74 Å². The number of aromatic nitrogens is 1. The van der Waals surface area contributed by atoms with Crippen molar-refractivity contribution >= 4 is 5.91 Å². The van der Waals surface area contributed by atoms with Gasteiger partial charge in [-0.15, -0.1) is 0 Å². The molecule has 1 amide bonds. The molecule has 0 aliphatic carbocycles. The molecule has 3 rings (SSSR count). The van der Waals surface area contributed by atoms with Gasteiger partial charge in [0.05, 0.1) is 19.8 Å². The summed E-state index contributed by atoms with van der Waals surface area (Å²) in [5.74, 6) is -1.38. The molecule has 1 N–H and O–H groups in total. The number of carbonyl (C=O) groups excluding carboxylic acids is 1. The Morgan fingerprint density at radius 3 is 2.59 bits per heavy atom. The normalized spacial score (nSPS) is 14.9. The van der Waals surface area contributed by atoms with Crippen LogP contribution in [0.25, 0.3) is 0 Å². The Morgan fingerprint density at radius 1 is 1.21 bits per heavy atom. The van der Waals surface area contributed by atoms with Gasteiger partial charge in [0.15, 0.2) is 0 Å². The lowest BCUT2D eigenvalue weighted by Crippen LogP contribution is -2.41. The Labute approximate surface area is 170 Å². The summed E-state index contributed by atoms with van der Waals surface area (Å²) >= 11 is 0. The number of rotatable bonds is 7. The average molecular weight is 405 g/mol. The van der Waals surface area contributed by atoms with Gasteiger partial charge in [0.25, 0.3) is 5.91 Å². The van der Waals surface area contributed by atoms with Crippen molar-refractivity contribution in [1.29, 1.82) is 0 Å². The van der Waals surface area contributed by atoms with E-state index in [9.17, 15) is 13.6 Å². The number of halogens is 2. The number of hydrogen-bond acceptors (Lipinski definition) is 3. The molecular weight excluding hydrogens is 376 g/mol. The van der Waals surface area contributed by atoms with E-state index in [1.54, 1.807) is 0 Å². The molecule has 2 aromatic rings. The Morgan fingerprint density at radius 2 is 1.93 bits per heavy atom. The minimum atomic E-state index is -0.609. The molecule has 1 aromatic carbocycles. The zero-order valence-corrected chi connectivity index (χ0v) is 17.4. The zero-order valence-electron chi connectivity index (χ0n) is 17.4. The first-order valence-corrected chi connectivity index (χ1v) is 10.1. The number of nitrogens with zero attached hydrogens (tertiary/aromatic N) is 2. The fraction of sp³-hybridized carbons (Fsp3) is 0.500. The molecule has 0 saturated carbocycles. The fourth-order valence-corrected chi connectivity index (χ4v) is 4.02.